The van der Waals surface area contributed by atoms with Crippen molar-refractivity contribution < 1.29 is 26.4 Å². The van der Waals surface area contributed by atoms with Gasteiger partial charge in [-0.25, -0.2) is 22.7 Å². The van der Waals surface area contributed by atoms with E-state index in [-0.39, 0.29) is 24.0 Å². The number of ether oxygens (including phenoxy) is 1. The van der Waals surface area contributed by atoms with E-state index in [9.17, 15) is 17.2 Å². The van der Waals surface area contributed by atoms with Crippen molar-refractivity contribution in [1.82, 2.24) is 25.1 Å². The van der Waals surface area contributed by atoms with Crippen LogP contribution < -0.4 is 4.31 Å². The molecule has 1 aliphatic heterocycles. The molecule has 0 N–H and O–H groups in total. The van der Waals surface area contributed by atoms with Crippen LogP contribution in [0.25, 0.3) is 10.8 Å². The Bertz CT molecular complexity index is 1190. The van der Waals surface area contributed by atoms with Gasteiger partial charge in [0.05, 0.1) is 31.7 Å². The number of aromatic nitrogens is 4. The highest BCUT2D eigenvalue weighted by Gasteiger charge is 2.27. The van der Waals surface area contributed by atoms with Gasteiger partial charge in [-0.05, 0) is 6.07 Å². The lowest BCUT2D eigenvalue weighted by atomic mass is 10.4. The number of nitrogens with zero attached hydrogens (tertiary/aromatic N) is 6. The van der Waals surface area contributed by atoms with E-state index in [1.807, 2.05) is 4.90 Å². The number of rotatable bonds is 9. The summed E-state index contributed by atoms with van der Waals surface area (Å²) in [6.45, 7) is 2.65. The summed E-state index contributed by atoms with van der Waals surface area (Å²) in [6, 6.07) is 3.00. The van der Waals surface area contributed by atoms with Crippen LogP contribution in [0.1, 0.15) is 17.3 Å². The minimum Gasteiger partial charge on any atom is -0.414 e. The van der Waals surface area contributed by atoms with Crippen LogP contribution >= 0.6 is 22.9 Å². The summed E-state index contributed by atoms with van der Waals surface area (Å²) in [7, 11) is -3.81. The summed E-state index contributed by atoms with van der Waals surface area (Å²) in [5, 5.41) is 7.61. The molecule has 4 heterocycles. The second-order valence-corrected chi connectivity index (χ2v) is 10.5. The molecule has 0 bridgehead atoms. The zero-order chi connectivity index (χ0) is 23.4. The number of hydrogen-bond donors (Lipinski definition) is 0. The Morgan fingerprint density at radius 3 is 2.73 bits per heavy atom. The molecule has 0 aromatic carbocycles. The summed E-state index contributed by atoms with van der Waals surface area (Å²) in [6.07, 6.45) is -0.105. The molecular weight excluding hydrogens is 502 g/mol. The molecule has 4 rings (SSSR count). The minimum atomic E-state index is -3.81. The number of pyridine rings is 1. The van der Waals surface area contributed by atoms with Gasteiger partial charge in [0, 0.05) is 36.9 Å². The Morgan fingerprint density at radius 2 is 2.03 bits per heavy atom. The first-order chi connectivity index (χ1) is 15.8. The summed E-state index contributed by atoms with van der Waals surface area (Å²) < 4.78 is 63.4. The average Bonchev–Trinajstić information content (AvgIpc) is 3.46. The molecule has 10 nitrogen and oxygen atoms in total. The van der Waals surface area contributed by atoms with Crippen LogP contribution in [0.15, 0.2) is 28.9 Å². The van der Waals surface area contributed by atoms with E-state index in [2.05, 4.69) is 20.2 Å². The summed E-state index contributed by atoms with van der Waals surface area (Å²) in [4.78, 5) is 10.7. The van der Waals surface area contributed by atoms with Gasteiger partial charge in [0.25, 0.3) is 11.8 Å². The Kier molecular flexibility index (Phi) is 7.48. The zero-order valence-corrected chi connectivity index (χ0v) is 19.5. The third kappa shape index (κ3) is 6.00. The van der Waals surface area contributed by atoms with Crippen molar-refractivity contribution in [2.75, 3.05) is 42.9 Å². The molecular formula is C18H19ClF2N6O4S2. The minimum absolute atomic E-state index is 0.114. The van der Waals surface area contributed by atoms with Crippen molar-refractivity contribution in [3.63, 3.8) is 0 Å². The fourth-order valence-electron chi connectivity index (χ4n) is 3.06. The SMILES string of the molecule is O=S(=O)(CCN1CCOCC1)N(Cc1ncc(-c2nnc(C(F)F)o2)s1)c1cc(Cl)ccn1. The number of hydrogen-bond acceptors (Lipinski definition) is 10. The molecule has 1 saturated heterocycles. The van der Waals surface area contributed by atoms with Crippen molar-refractivity contribution in [3.8, 4) is 10.8 Å². The first kappa shape index (κ1) is 23.9. The smallest absolute Gasteiger partial charge is 0.314 e. The molecule has 0 unspecified atom stereocenters. The Morgan fingerprint density at radius 1 is 1.24 bits per heavy atom. The first-order valence-corrected chi connectivity index (χ1v) is 12.6. The molecule has 3 aromatic heterocycles. The van der Waals surface area contributed by atoms with Gasteiger partial charge < -0.3 is 9.15 Å². The largest absolute Gasteiger partial charge is 0.414 e. The topological polar surface area (TPSA) is 115 Å². The number of morpholine rings is 1. The van der Waals surface area contributed by atoms with Crippen LogP contribution in [-0.2, 0) is 21.3 Å². The normalized spacial score (nSPS) is 15.3. The highest BCUT2D eigenvalue weighted by Crippen LogP contribution is 2.30. The van der Waals surface area contributed by atoms with E-state index in [1.165, 1.54) is 18.5 Å². The van der Waals surface area contributed by atoms with E-state index in [4.69, 9.17) is 20.8 Å². The molecule has 0 saturated carbocycles. The molecule has 0 atom stereocenters. The third-order valence-corrected chi connectivity index (χ3v) is 7.63. The van der Waals surface area contributed by atoms with Crippen LogP contribution in [0.4, 0.5) is 14.6 Å². The lowest BCUT2D eigenvalue weighted by Gasteiger charge is -2.28. The van der Waals surface area contributed by atoms with Crippen molar-refractivity contribution in [3.05, 3.63) is 40.4 Å². The summed E-state index contributed by atoms with van der Waals surface area (Å²) in [5.74, 6) is -0.896. The molecule has 3 aromatic rings. The number of alkyl halides is 2. The second-order valence-electron chi connectivity index (χ2n) is 6.97. The van der Waals surface area contributed by atoms with Crippen LogP contribution in [0.5, 0.6) is 0 Å². The van der Waals surface area contributed by atoms with Crippen LogP contribution in [0.2, 0.25) is 5.02 Å². The molecule has 1 aliphatic rings. The molecule has 0 radical (unpaired) electrons. The molecule has 33 heavy (non-hydrogen) atoms. The highest BCUT2D eigenvalue weighted by molar-refractivity contribution is 7.92. The van der Waals surface area contributed by atoms with Crippen LogP contribution in [0.3, 0.4) is 0 Å². The number of thiazole rings is 1. The third-order valence-electron chi connectivity index (χ3n) is 4.74. The highest BCUT2D eigenvalue weighted by atomic mass is 35.5. The Hall–Kier alpha value is -2.26. The van der Waals surface area contributed by atoms with Gasteiger partial charge in [0.1, 0.15) is 15.7 Å². The van der Waals surface area contributed by atoms with Crippen molar-refractivity contribution in [2.24, 2.45) is 0 Å². The van der Waals surface area contributed by atoms with Crippen molar-refractivity contribution in [1.29, 1.82) is 0 Å². The monoisotopic (exact) mass is 520 g/mol. The predicted molar refractivity (Wildman–Crippen MR) is 117 cm³/mol. The second kappa shape index (κ2) is 10.3. The van der Waals surface area contributed by atoms with E-state index in [0.717, 1.165) is 15.6 Å². The Balaban J connectivity index is 1.55. The van der Waals surface area contributed by atoms with Gasteiger partial charge in [-0.1, -0.05) is 11.6 Å². The summed E-state index contributed by atoms with van der Waals surface area (Å²) >= 11 is 7.12. The van der Waals surface area contributed by atoms with Gasteiger partial charge in [0.15, 0.2) is 0 Å². The molecule has 0 spiro atoms. The maximum absolute atomic E-state index is 13.3. The van der Waals surface area contributed by atoms with Crippen molar-refractivity contribution >= 4 is 38.8 Å². The van der Waals surface area contributed by atoms with Gasteiger partial charge in [-0.2, -0.15) is 8.78 Å². The molecule has 0 amide bonds. The molecule has 0 aliphatic carbocycles. The van der Waals surface area contributed by atoms with Gasteiger partial charge >= 0.3 is 6.43 Å². The summed E-state index contributed by atoms with van der Waals surface area (Å²) in [5.41, 5.74) is 0. The van der Waals surface area contributed by atoms with E-state index < -0.39 is 22.3 Å². The molecule has 178 valence electrons. The average molecular weight is 521 g/mol. The predicted octanol–water partition coefficient (Wildman–Crippen LogP) is 2.85. The standard InChI is InChI=1S/C18H19ClF2N6O4S2/c19-12-1-2-22-14(9-12)27(33(28,29)8-5-26-3-6-30-7-4-26)11-15-23-10-13(32-15)17-24-25-18(31-17)16(20)21/h1-2,9-10,16H,3-8,11H2. The Labute approximate surface area is 197 Å². The van der Waals surface area contributed by atoms with Gasteiger partial charge in [0.2, 0.25) is 10.0 Å². The zero-order valence-electron chi connectivity index (χ0n) is 17.1. The number of halogens is 3. The van der Waals surface area contributed by atoms with E-state index >= 15 is 0 Å². The quantitative estimate of drug-likeness (QED) is 0.420. The van der Waals surface area contributed by atoms with Crippen LogP contribution in [0, 0.1) is 0 Å². The van der Waals surface area contributed by atoms with E-state index in [0.29, 0.717) is 47.8 Å². The molecule has 15 heteroatoms. The number of anilines is 1. The first-order valence-electron chi connectivity index (χ1n) is 9.80. The van der Waals surface area contributed by atoms with Gasteiger partial charge in [-0.3, -0.25) is 4.90 Å². The fourth-order valence-corrected chi connectivity index (χ4v) is 5.54. The lowest BCUT2D eigenvalue weighted by Crippen LogP contribution is -2.42. The maximum atomic E-state index is 13.3. The molecule has 1 fully saturated rings. The fraction of sp³-hybridized carbons (Fsp3) is 0.444. The maximum Gasteiger partial charge on any atom is 0.314 e. The van der Waals surface area contributed by atoms with E-state index in [1.54, 1.807) is 6.07 Å². The number of sulfonamides is 1. The lowest BCUT2D eigenvalue weighted by molar-refractivity contribution is 0.0408. The van der Waals surface area contributed by atoms with Crippen molar-refractivity contribution in [2.45, 2.75) is 13.0 Å². The van der Waals surface area contributed by atoms with Crippen LogP contribution in [-0.4, -0.2) is 72.1 Å². The van der Waals surface area contributed by atoms with Gasteiger partial charge in [-0.15, -0.1) is 21.5 Å².